The van der Waals surface area contributed by atoms with Crippen LogP contribution in [-0.2, 0) is 17.8 Å². The van der Waals surface area contributed by atoms with Crippen LogP contribution in [0, 0.1) is 0 Å². The highest BCUT2D eigenvalue weighted by Crippen LogP contribution is 2.21. The maximum absolute atomic E-state index is 5.37. The zero-order valence-corrected chi connectivity index (χ0v) is 7.68. The lowest BCUT2D eigenvalue weighted by molar-refractivity contribution is 0.110. The van der Waals surface area contributed by atoms with Gasteiger partial charge in [0.1, 0.15) is 0 Å². The summed E-state index contributed by atoms with van der Waals surface area (Å²) in [6.45, 7) is 6.07. The topological polar surface area (TPSA) is 25.0 Å². The van der Waals surface area contributed by atoms with Crippen molar-refractivity contribution in [2.75, 3.05) is 6.61 Å². The van der Waals surface area contributed by atoms with Gasteiger partial charge in [-0.05, 0) is 17.5 Å². The number of rotatable bonds is 1. The molecule has 1 aromatic rings. The van der Waals surface area contributed by atoms with Gasteiger partial charge in [-0.2, -0.15) is 0 Å². The summed E-state index contributed by atoms with van der Waals surface area (Å²) in [5, 5.41) is 0. The molecule has 0 aliphatic carbocycles. The molecule has 2 nitrogen and oxygen atoms in total. The van der Waals surface area contributed by atoms with Crippen molar-refractivity contribution in [1.82, 2.24) is 4.98 Å². The number of ether oxygens (including phenoxy) is 1. The molecule has 1 N–H and O–H groups in total. The van der Waals surface area contributed by atoms with E-state index in [0.29, 0.717) is 5.92 Å². The third-order valence-electron chi connectivity index (χ3n) is 2.39. The van der Waals surface area contributed by atoms with Crippen molar-refractivity contribution in [3.63, 3.8) is 0 Å². The molecule has 0 saturated heterocycles. The fraction of sp³-hybridized carbons (Fsp3) is 0.600. The second-order valence-electron chi connectivity index (χ2n) is 3.69. The van der Waals surface area contributed by atoms with Gasteiger partial charge < -0.3 is 9.72 Å². The predicted octanol–water partition coefficient (Wildman–Crippen LogP) is 2.21. The molecule has 0 aromatic carbocycles. The molecule has 0 fully saturated rings. The normalized spacial score (nSPS) is 16.6. The standard InChI is InChI=1S/C10H15NO/c1-7(2)10-5-8-6-12-4-3-9(8)11-10/h5,7,11H,3-4,6H2,1-2H3. The maximum atomic E-state index is 5.37. The van der Waals surface area contributed by atoms with Crippen molar-refractivity contribution in [2.45, 2.75) is 32.8 Å². The van der Waals surface area contributed by atoms with Crippen LogP contribution in [0.3, 0.4) is 0 Å². The smallest absolute Gasteiger partial charge is 0.0734 e. The van der Waals surface area contributed by atoms with E-state index in [1.807, 2.05) is 0 Å². The molecule has 0 bridgehead atoms. The van der Waals surface area contributed by atoms with Crippen molar-refractivity contribution in [3.8, 4) is 0 Å². The Labute approximate surface area is 72.9 Å². The van der Waals surface area contributed by atoms with E-state index in [1.165, 1.54) is 17.0 Å². The van der Waals surface area contributed by atoms with Crippen LogP contribution in [0.4, 0.5) is 0 Å². The fourth-order valence-electron chi connectivity index (χ4n) is 1.58. The van der Waals surface area contributed by atoms with E-state index in [0.717, 1.165) is 19.6 Å². The zero-order valence-electron chi connectivity index (χ0n) is 7.68. The first-order chi connectivity index (χ1) is 5.77. The Morgan fingerprint density at radius 3 is 3.00 bits per heavy atom. The Bertz CT molecular complexity index is 252. The van der Waals surface area contributed by atoms with Gasteiger partial charge in [-0.3, -0.25) is 0 Å². The van der Waals surface area contributed by atoms with Crippen LogP contribution in [-0.4, -0.2) is 11.6 Å². The third kappa shape index (κ3) is 1.27. The average Bonchev–Trinajstić information content (AvgIpc) is 2.46. The van der Waals surface area contributed by atoms with Crippen LogP contribution in [0.1, 0.15) is 36.7 Å². The number of hydrogen-bond donors (Lipinski definition) is 1. The van der Waals surface area contributed by atoms with Gasteiger partial charge in [-0.25, -0.2) is 0 Å². The van der Waals surface area contributed by atoms with Crippen molar-refractivity contribution in [1.29, 1.82) is 0 Å². The first-order valence-corrected chi connectivity index (χ1v) is 4.56. The number of nitrogens with one attached hydrogen (secondary N) is 1. The van der Waals surface area contributed by atoms with Crippen LogP contribution in [0.2, 0.25) is 0 Å². The minimum Gasteiger partial charge on any atom is -0.376 e. The number of aromatic nitrogens is 1. The van der Waals surface area contributed by atoms with Crippen LogP contribution in [0.15, 0.2) is 6.07 Å². The molecule has 2 heterocycles. The van der Waals surface area contributed by atoms with E-state index in [1.54, 1.807) is 0 Å². The molecule has 1 aliphatic heterocycles. The largest absolute Gasteiger partial charge is 0.376 e. The first-order valence-electron chi connectivity index (χ1n) is 4.56. The predicted molar refractivity (Wildman–Crippen MR) is 48.2 cm³/mol. The fourth-order valence-corrected chi connectivity index (χ4v) is 1.58. The van der Waals surface area contributed by atoms with Gasteiger partial charge in [0.25, 0.3) is 0 Å². The Hall–Kier alpha value is -0.760. The molecule has 0 spiro atoms. The molecular formula is C10H15NO. The summed E-state index contributed by atoms with van der Waals surface area (Å²) < 4.78 is 5.37. The van der Waals surface area contributed by atoms with Crippen molar-refractivity contribution in [2.24, 2.45) is 0 Å². The second-order valence-corrected chi connectivity index (χ2v) is 3.69. The second kappa shape index (κ2) is 2.94. The lowest BCUT2D eigenvalue weighted by atomic mass is 10.1. The lowest BCUT2D eigenvalue weighted by Gasteiger charge is -2.10. The first kappa shape index (κ1) is 7.87. The molecule has 0 unspecified atom stereocenters. The minimum absolute atomic E-state index is 0.593. The van der Waals surface area contributed by atoms with Crippen LogP contribution >= 0.6 is 0 Å². The molecular weight excluding hydrogens is 150 g/mol. The summed E-state index contributed by atoms with van der Waals surface area (Å²) in [4.78, 5) is 3.45. The van der Waals surface area contributed by atoms with E-state index in [-0.39, 0.29) is 0 Å². The lowest BCUT2D eigenvalue weighted by Crippen LogP contribution is -2.07. The highest BCUT2D eigenvalue weighted by Gasteiger charge is 2.13. The van der Waals surface area contributed by atoms with E-state index in [9.17, 15) is 0 Å². The molecule has 2 rings (SSSR count). The molecule has 0 saturated carbocycles. The average molecular weight is 165 g/mol. The SMILES string of the molecule is CC(C)c1cc2c([nH]1)CCOC2. The molecule has 2 heteroatoms. The molecule has 12 heavy (non-hydrogen) atoms. The summed E-state index contributed by atoms with van der Waals surface area (Å²) in [6, 6.07) is 2.24. The highest BCUT2D eigenvalue weighted by atomic mass is 16.5. The van der Waals surface area contributed by atoms with Gasteiger partial charge in [0.2, 0.25) is 0 Å². The summed E-state index contributed by atoms with van der Waals surface area (Å²) >= 11 is 0. The van der Waals surface area contributed by atoms with E-state index < -0.39 is 0 Å². The number of hydrogen-bond acceptors (Lipinski definition) is 1. The van der Waals surface area contributed by atoms with E-state index in [4.69, 9.17) is 4.74 Å². The highest BCUT2D eigenvalue weighted by molar-refractivity contribution is 5.28. The Morgan fingerprint density at radius 2 is 2.33 bits per heavy atom. The van der Waals surface area contributed by atoms with E-state index >= 15 is 0 Å². The number of aromatic amines is 1. The monoisotopic (exact) mass is 165 g/mol. The third-order valence-corrected chi connectivity index (χ3v) is 2.39. The summed E-state index contributed by atoms with van der Waals surface area (Å²) in [7, 11) is 0. The van der Waals surface area contributed by atoms with Crippen molar-refractivity contribution in [3.05, 3.63) is 23.0 Å². The molecule has 1 aromatic heterocycles. The summed E-state index contributed by atoms with van der Waals surface area (Å²) in [5.41, 5.74) is 4.07. The van der Waals surface area contributed by atoms with Crippen LogP contribution in [0.25, 0.3) is 0 Å². The molecule has 0 amide bonds. The molecule has 0 atom stereocenters. The van der Waals surface area contributed by atoms with Gasteiger partial charge in [0.05, 0.1) is 13.2 Å². The summed E-state index contributed by atoms with van der Waals surface area (Å²) in [5.74, 6) is 0.593. The number of fused-ring (bicyclic) bond motifs is 1. The quantitative estimate of drug-likeness (QED) is 0.678. The molecule has 1 aliphatic rings. The number of H-pyrrole nitrogens is 1. The molecule has 66 valence electrons. The van der Waals surface area contributed by atoms with Gasteiger partial charge in [-0.15, -0.1) is 0 Å². The van der Waals surface area contributed by atoms with Gasteiger partial charge >= 0.3 is 0 Å². The Kier molecular flexibility index (Phi) is 1.93. The van der Waals surface area contributed by atoms with E-state index in [2.05, 4.69) is 24.9 Å². The van der Waals surface area contributed by atoms with Crippen molar-refractivity contribution < 1.29 is 4.74 Å². The Balaban J connectivity index is 2.32. The summed E-state index contributed by atoms with van der Waals surface area (Å²) in [6.07, 6.45) is 1.04. The maximum Gasteiger partial charge on any atom is 0.0734 e. The van der Waals surface area contributed by atoms with Gasteiger partial charge in [0, 0.05) is 17.8 Å². The molecule has 0 radical (unpaired) electrons. The zero-order chi connectivity index (χ0) is 8.55. The van der Waals surface area contributed by atoms with Crippen LogP contribution < -0.4 is 0 Å². The van der Waals surface area contributed by atoms with Gasteiger partial charge in [0.15, 0.2) is 0 Å². The minimum atomic E-state index is 0.593. The van der Waals surface area contributed by atoms with Gasteiger partial charge in [-0.1, -0.05) is 13.8 Å². The van der Waals surface area contributed by atoms with Crippen molar-refractivity contribution >= 4 is 0 Å². The van der Waals surface area contributed by atoms with Crippen LogP contribution in [0.5, 0.6) is 0 Å². The Morgan fingerprint density at radius 1 is 1.50 bits per heavy atom.